The van der Waals surface area contributed by atoms with Crippen LogP contribution in [-0.4, -0.2) is 5.33 Å². The first-order valence-corrected chi connectivity index (χ1v) is 2.22. The molecule has 3 heteroatoms. The van der Waals surface area contributed by atoms with E-state index in [2.05, 4.69) is 22.5 Å². The highest BCUT2D eigenvalue weighted by atomic mass is 79.9. The van der Waals surface area contributed by atoms with E-state index in [9.17, 15) is 0 Å². The summed E-state index contributed by atoms with van der Waals surface area (Å²) in [7, 11) is 0. The molecule has 0 fully saturated rings. The van der Waals surface area contributed by atoms with Crippen LogP contribution in [-0.2, 0) is 0 Å². The average Bonchev–Trinajstić information content (AvgIpc) is 1.72. The molecule has 0 aliphatic carbocycles. The fourth-order valence-electron chi connectivity index (χ4n) is 0. The van der Waals surface area contributed by atoms with Crippen LogP contribution in [0.3, 0.4) is 0 Å². The molecule has 0 rings (SSSR count). The van der Waals surface area contributed by atoms with E-state index in [0.29, 0.717) is 5.33 Å². The van der Waals surface area contributed by atoms with E-state index < -0.39 is 0 Å². The fraction of sp³-hybridized carbons (Fsp3) is 0.333. The summed E-state index contributed by atoms with van der Waals surface area (Å²) in [5, 5.41) is 14.5. The van der Waals surface area contributed by atoms with Crippen molar-refractivity contribution in [3.63, 3.8) is 0 Å². The second kappa shape index (κ2) is 25.0. The van der Waals surface area contributed by atoms with E-state index in [1.807, 2.05) is 6.07 Å². The van der Waals surface area contributed by atoms with Crippen LogP contribution in [0.1, 0.15) is 0 Å². The van der Waals surface area contributed by atoms with Crippen LogP contribution in [0, 0.1) is 23.2 Å². The van der Waals surface area contributed by atoms with Gasteiger partial charge in [0, 0.05) is 6.57 Å². The van der Waals surface area contributed by atoms with Gasteiger partial charge in [0.05, 0.1) is 11.4 Å². The van der Waals surface area contributed by atoms with Gasteiger partial charge in [-0.2, -0.15) is 5.26 Å². The molecule has 0 saturated heterocycles. The lowest BCUT2D eigenvalue weighted by molar-refractivity contribution is 1.50. The molecule has 2 nitrogen and oxygen atoms in total. The van der Waals surface area contributed by atoms with Gasteiger partial charge in [-0.3, -0.25) is 0 Å². The Labute approximate surface area is 45.1 Å². The van der Waals surface area contributed by atoms with Crippen LogP contribution in [0.2, 0.25) is 0 Å². The molecule has 0 heterocycles. The van der Waals surface area contributed by atoms with Gasteiger partial charge in [0.2, 0.25) is 0 Å². The summed E-state index contributed by atoms with van der Waals surface area (Å²) in [6.45, 7) is 3.50. The van der Waals surface area contributed by atoms with E-state index >= 15 is 0 Å². The first-order valence-electron chi connectivity index (χ1n) is 1.10. The lowest BCUT2D eigenvalue weighted by atomic mass is 10.9. The molecule has 0 N–H and O–H groups in total. The Hall–Kier alpha value is -0.540. The Morgan fingerprint density at radius 2 is 1.83 bits per heavy atom. The standard InChI is InChI=1S/C2H2BrN.CHN/c3-1-2-4;1-2/h1H2;1H. The van der Waals surface area contributed by atoms with Crippen LogP contribution in [0.15, 0.2) is 0 Å². The van der Waals surface area contributed by atoms with Gasteiger partial charge in [0.15, 0.2) is 0 Å². The van der Waals surface area contributed by atoms with Crippen molar-refractivity contribution >= 4 is 15.9 Å². The molecule has 0 atom stereocenters. The molecular formula is C3H3BrN2. The van der Waals surface area contributed by atoms with Crippen molar-refractivity contribution in [3.8, 4) is 12.6 Å². The third-order valence-electron chi connectivity index (χ3n) is 0.0598. The molecule has 0 amide bonds. The van der Waals surface area contributed by atoms with Crippen LogP contribution < -0.4 is 0 Å². The zero-order valence-corrected chi connectivity index (χ0v) is 4.64. The second-order valence-corrected chi connectivity index (χ2v) is 0.852. The number of hydrogen-bond acceptors (Lipinski definition) is 2. The van der Waals surface area contributed by atoms with Gasteiger partial charge in [0.25, 0.3) is 0 Å². The minimum absolute atomic E-state index is 0.438. The summed E-state index contributed by atoms with van der Waals surface area (Å²) in [6.07, 6.45) is 0. The van der Waals surface area contributed by atoms with E-state index in [1.54, 1.807) is 0 Å². The number of halogens is 1. The summed E-state index contributed by atoms with van der Waals surface area (Å²) in [5.74, 6) is 0. The normalized spacial score (nSPS) is 3.67. The third-order valence-corrected chi connectivity index (χ3v) is 0.311. The Morgan fingerprint density at radius 1 is 1.67 bits per heavy atom. The van der Waals surface area contributed by atoms with Crippen molar-refractivity contribution in [3.05, 3.63) is 0 Å². The van der Waals surface area contributed by atoms with Crippen LogP contribution >= 0.6 is 15.9 Å². The van der Waals surface area contributed by atoms with Crippen LogP contribution in [0.5, 0.6) is 0 Å². The first-order chi connectivity index (χ1) is 2.91. The summed E-state index contributed by atoms with van der Waals surface area (Å²) in [5.41, 5.74) is 0. The van der Waals surface area contributed by atoms with Gasteiger partial charge in [-0.1, -0.05) is 15.9 Å². The number of alkyl halides is 1. The first kappa shape index (κ1) is 9.07. The SMILES string of the molecule is C#N.N#CCBr. The van der Waals surface area contributed by atoms with Crippen molar-refractivity contribution < 1.29 is 0 Å². The molecule has 0 aliphatic heterocycles. The molecule has 0 unspecified atom stereocenters. The molecule has 0 spiro atoms. The zero-order chi connectivity index (χ0) is 5.41. The predicted molar refractivity (Wildman–Crippen MR) is 26.1 cm³/mol. The summed E-state index contributed by atoms with van der Waals surface area (Å²) >= 11 is 2.89. The second-order valence-electron chi connectivity index (χ2n) is 0.292. The Kier molecular flexibility index (Phi) is 37.9. The quantitative estimate of drug-likeness (QED) is 0.480. The zero-order valence-electron chi connectivity index (χ0n) is 3.06. The monoisotopic (exact) mass is 146 g/mol. The molecule has 0 aromatic carbocycles. The van der Waals surface area contributed by atoms with Crippen molar-refractivity contribution in [2.75, 3.05) is 5.33 Å². The molecule has 0 radical (unpaired) electrons. The van der Waals surface area contributed by atoms with Gasteiger partial charge in [-0.15, -0.1) is 0 Å². The van der Waals surface area contributed by atoms with E-state index in [0.717, 1.165) is 0 Å². The lowest BCUT2D eigenvalue weighted by Gasteiger charge is -1.44. The molecule has 0 aromatic rings. The highest BCUT2D eigenvalue weighted by molar-refractivity contribution is 9.09. The molecule has 0 bridgehead atoms. The largest absolute Gasteiger partial charge is 0.202 e. The van der Waals surface area contributed by atoms with E-state index in [1.165, 1.54) is 0 Å². The Bertz CT molecular complexity index is 60.9. The van der Waals surface area contributed by atoms with Gasteiger partial charge < -0.3 is 0 Å². The van der Waals surface area contributed by atoms with Gasteiger partial charge in [-0.25, -0.2) is 5.26 Å². The molecule has 6 heavy (non-hydrogen) atoms. The fourth-order valence-corrected chi connectivity index (χ4v) is 0. The summed E-state index contributed by atoms with van der Waals surface area (Å²) in [6, 6.07) is 1.85. The number of nitriles is 2. The van der Waals surface area contributed by atoms with Crippen molar-refractivity contribution in [1.29, 1.82) is 10.5 Å². The maximum Gasteiger partial charge on any atom is 0.0905 e. The van der Waals surface area contributed by atoms with E-state index in [4.69, 9.17) is 10.5 Å². The predicted octanol–water partition coefficient (Wildman–Crippen LogP) is 1.04. The highest BCUT2D eigenvalue weighted by Crippen LogP contribution is 1.68. The molecule has 0 saturated carbocycles. The average molecular weight is 147 g/mol. The number of rotatable bonds is 0. The number of nitrogens with zero attached hydrogens (tertiary/aromatic N) is 2. The lowest BCUT2D eigenvalue weighted by Crippen LogP contribution is -1.45. The third kappa shape index (κ3) is 99.0. The molecule has 0 aliphatic rings. The van der Waals surface area contributed by atoms with Gasteiger partial charge in [0.1, 0.15) is 0 Å². The highest BCUT2D eigenvalue weighted by Gasteiger charge is 1.52. The van der Waals surface area contributed by atoms with Crippen molar-refractivity contribution in [2.45, 2.75) is 0 Å². The molecule has 32 valence electrons. The topological polar surface area (TPSA) is 47.6 Å². The maximum atomic E-state index is 7.58. The Morgan fingerprint density at radius 3 is 1.83 bits per heavy atom. The van der Waals surface area contributed by atoms with Gasteiger partial charge in [-0.05, 0) is 0 Å². The maximum absolute atomic E-state index is 7.58. The summed E-state index contributed by atoms with van der Waals surface area (Å²) < 4.78 is 0. The number of hydrogen-bond donors (Lipinski definition) is 0. The molecule has 0 aromatic heterocycles. The van der Waals surface area contributed by atoms with Crippen molar-refractivity contribution in [1.82, 2.24) is 0 Å². The minimum Gasteiger partial charge on any atom is -0.202 e. The summed E-state index contributed by atoms with van der Waals surface area (Å²) in [4.78, 5) is 0. The molecular weight excluding hydrogens is 144 g/mol. The van der Waals surface area contributed by atoms with Crippen molar-refractivity contribution in [2.24, 2.45) is 0 Å². The Balaban J connectivity index is 0. The van der Waals surface area contributed by atoms with E-state index in [-0.39, 0.29) is 0 Å². The smallest absolute Gasteiger partial charge is 0.0905 e. The minimum atomic E-state index is 0.438. The van der Waals surface area contributed by atoms with Gasteiger partial charge >= 0.3 is 0 Å². The van der Waals surface area contributed by atoms with Crippen LogP contribution in [0.25, 0.3) is 0 Å². The van der Waals surface area contributed by atoms with Crippen LogP contribution in [0.4, 0.5) is 0 Å².